The van der Waals surface area contributed by atoms with Crippen LogP contribution in [-0.4, -0.2) is 60.1 Å². The van der Waals surface area contributed by atoms with E-state index >= 15 is 0 Å². The van der Waals surface area contributed by atoms with E-state index in [1.54, 1.807) is 0 Å². The van der Waals surface area contributed by atoms with Gasteiger partial charge in [0.05, 0.1) is 6.61 Å². The molecule has 1 aliphatic heterocycles. The summed E-state index contributed by atoms with van der Waals surface area (Å²) >= 11 is 0. The Labute approximate surface area is 143 Å². The van der Waals surface area contributed by atoms with E-state index in [0.717, 1.165) is 60.6 Å². The van der Waals surface area contributed by atoms with Crippen LogP contribution in [0, 0.1) is 6.92 Å². The number of hydrogen-bond acceptors (Lipinski definition) is 3. The second-order valence-electron chi connectivity index (χ2n) is 6.43. The fraction of sp³-hybridized carbons (Fsp3) is 0.526. The molecule has 3 rings (SSSR count). The maximum absolute atomic E-state index is 13.1. The van der Waals surface area contributed by atoms with Gasteiger partial charge in [-0.1, -0.05) is 0 Å². The van der Waals surface area contributed by atoms with Gasteiger partial charge in [0.25, 0.3) is 5.91 Å². The highest BCUT2D eigenvalue weighted by Crippen LogP contribution is 2.30. The normalized spacial score (nSPS) is 15.9. The predicted octanol–water partition coefficient (Wildman–Crippen LogP) is 2.76. The number of carbonyl (C=O) groups is 1. The number of ether oxygens (including phenoxy) is 1. The van der Waals surface area contributed by atoms with E-state index in [0.29, 0.717) is 6.61 Å². The first-order valence-electron chi connectivity index (χ1n) is 8.80. The van der Waals surface area contributed by atoms with Crippen LogP contribution in [0.2, 0.25) is 0 Å². The third kappa shape index (κ3) is 2.88. The van der Waals surface area contributed by atoms with E-state index in [2.05, 4.69) is 35.6 Å². The largest absolute Gasteiger partial charge is 0.494 e. The quantitative estimate of drug-likeness (QED) is 0.866. The van der Waals surface area contributed by atoms with Gasteiger partial charge in [0.1, 0.15) is 11.4 Å². The summed E-state index contributed by atoms with van der Waals surface area (Å²) in [5.41, 5.74) is 2.99. The van der Waals surface area contributed by atoms with Crippen molar-refractivity contribution in [2.75, 3.05) is 39.8 Å². The topological polar surface area (TPSA) is 37.7 Å². The lowest BCUT2D eigenvalue weighted by atomic mass is 10.1. The average Bonchev–Trinajstić information content (AvgIpc) is 2.87. The first-order chi connectivity index (χ1) is 11.6. The van der Waals surface area contributed by atoms with E-state index in [4.69, 9.17) is 4.74 Å². The van der Waals surface area contributed by atoms with Crippen molar-refractivity contribution in [1.29, 1.82) is 0 Å². The molecule has 5 heteroatoms. The van der Waals surface area contributed by atoms with E-state index in [1.165, 1.54) is 0 Å². The fourth-order valence-corrected chi connectivity index (χ4v) is 3.52. The number of aryl methyl sites for hydroxylation is 2. The van der Waals surface area contributed by atoms with Crippen LogP contribution in [0.1, 0.15) is 29.9 Å². The predicted molar refractivity (Wildman–Crippen MR) is 96.9 cm³/mol. The molecule has 130 valence electrons. The minimum atomic E-state index is 0.150. The van der Waals surface area contributed by atoms with Crippen molar-refractivity contribution in [3.63, 3.8) is 0 Å². The van der Waals surface area contributed by atoms with E-state index in [9.17, 15) is 4.79 Å². The number of carbonyl (C=O) groups excluding carboxylic acids is 1. The summed E-state index contributed by atoms with van der Waals surface area (Å²) in [5.74, 6) is 1.01. The number of piperazine rings is 1. The van der Waals surface area contributed by atoms with E-state index < -0.39 is 0 Å². The Balaban J connectivity index is 2.03. The summed E-state index contributed by atoms with van der Waals surface area (Å²) in [5, 5.41) is 1.11. The Kier molecular flexibility index (Phi) is 4.81. The number of aromatic nitrogens is 1. The van der Waals surface area contributed by atoms with Gasteiger partial charge in [0, 0.05) is 43.6 Å². The first kappa shape index (κ1) is 16.8. The van der Waals surface area contributed by atoms with Gasteiger partial charge in [0.2, 0.25) is 0 Å². The molecule has 2 heterocycles. The lowest BCUT2D eigenvalue weighted by molar-refractivity contribution is 0.0653. The standard InChI is InChI=1S/C19H27N3O2/c1-5-22-17-8-7-15(24-6-2)13-16(17)14(3)18(22)19(23)21-11-9-20(4)10-12-21/h7-8,13H,5-6,9-12H2,1-4H3. The van der Waals surface area contributed by atoms with Gasteiger partial charge in [-0.15, -0.1) is 0 Å². The molecule has 1 aromatic heterocycles. The summed E-state index contributed by atoms with van der Waals surface area (Å²) in [6, 6.07) is 6.11. The van der Waals surface area contributed by atoms with Crippen LogP contribution in [0.25, 0.3) is 10.9 Å². The van der Waals surface area contributed by atoms with Gasteiger partial charge >= 0.3 is 0 Å². The highest BCUT2D eigenvalue weighted by molar-refractivity contribution is 6.02. The number of fused-ring (bicyclic) bond motifs is 1. The minimum absolute atomic E-state index is 0.150. The lowest BCUT2D eigenvalue weighted by Crippen LogP contribution is -2.47. The molecule has 0 aliphatic carbocycles. The summed E-state index contributed by atoms with van der Waals surface area (Å²) in [6.45, 7) is 11.0. The highest BCUT2D eigenvalue weighted by Gasteiger charge is 2.26. The zero-order chi connectivity index (χ0) is 17.3. The van der Waals surface area contributed by atoms with Crippen molar-refractivity contribution in [2.24, 2.45) is 0 Å². The van der Waals surface area contributed by atoms with E-state index in [1.807, 2.05) is 24.8 Å². The number of hydrogen-bond donors (Lipinski definition) is 0. The molecular weight excluding hydrogens is 302 g/mol. The Morgan fingerprint density at radius 3 is 2.50 bits per heavy atom. The molecule has 0 atom stereocenters. The molecule has 0 unspecified atom stereocenters. The summed E-state index contributed by atoms with van der Waals surface area (Å²) < 4.78 is 7.77. The van der Waals surface area contributed by atoms with Crippen molar-refractivity contribution in [2.45, 2.75) is 27.3 Å². The van der Waals surface area contributed by atoms with Crippen molar-refractivity contribution in [3.05, 3.63) is 29.5 Å². The third-order valence-electron chi connectivity index (χ3n) is 4.91. The van der Waals surface area contributed by atoms with Crippen molar-refractivity contribution < 1.29 is 9.53 Å². The van der Waals surface area contributed by atoms with Gasteiger partial charge in [-0.3, -0.25) is 4.79 Å². The molecule has 1 saturated heterocycles. The van der Waals surface area contributed by atoms with Crippen LogP contribution in [0.3, 0.4) is 0 Å². The van der Waals surface area contributed by atoms with Crippen LogP contribution in [0.4, 0.5) is 0 Å². The van der Waals surface area contributed by atoms with Crippen molar-refractivity contribution in [3.8, 4) is 5.75 Å². The van der Waals surface area contributed by atoms with E-state index in [-0.39, 0.29) is 5.91 Å². The Hall–Kier alpha value is -2.01. The zero-order valence-electron chi connectivity index (χ0n) is 15.1. The fourth-order valence-electron chi connectivity index (χ4n) is 3.52. The van der Waals surface area contributed by atoms with Gasteiger partial charge in [-0.25, -0.2) is 0 Å². The smallest absolute Gasteiger partial charge is 0.270 e. The van der Waals surface area contributed by atoms with Crippen LogP contribution < -0.4 is 4.74 Å². The molecular formula is C19H27N3O2. The number of amides is 1. The molecule has 5 nitrogen and oxygen atoms in total. The second-order valence-corrected chi connectivity index (χ2v) is 6.43. The first-order valence-corrected chi connectivity index (χ1v) is 8.80. The van der Waals surface area contributed by atoms with Crippen molar-refractivity contribution in [1.82, 2.24) is 14.4 Å². The van der Waals surface area contributed by atoms with Gasteiger partial charge in [-0.2, -0.15) is 0 Å². The zero-order valence-corrected chi connectivity index (χ0v) is 15.1. The van der Waals surface area contributed by atoms with Crippen molar-refractivity contribution >= 4 is 16.8 Å². The van der Waals surface area contributed by atoms with Crippen LogP contribution in [0.15, 0.2) is 18.2 Å². The molecule has 24 heavy (non-hydrogen) atoms. The SMILES string of the molecule is CCOc1ccc2c(c1)c(C)c(C(=O)N1CCN(C)CC1)n2CC. The third-order valence-corrected chi connectivity index (χ3v) is 4.91. The van der Waals surface area contributed by atoms with Crippen LogP contribution in [0.5, 0.6) is 5.75 Å². The monoisotopic (exact) mass is 329 g/mol. The van der Waals surface area contributed by atoms with Gasteiger partial charge < -0.3 is 19.1 Å². The molecule has 0 bridgehead atoms. The Bertz CT molecular complexity index is 743. The second kappa shape index (κ2) is 6.85. The molecule has 0 radical (unpaired) electrons. The maximum atomic E-state index is 13.1. The maximum Gasteiger partial charge on any atom is 0.270 e. The molecule has 1 aromatic carbocycles. The van der Waals surface area contributed by atoms with Gasteiger partial charge in [-0.05, 0) is 51.6 Å². The van der Waals surface area contributed by atoms with Crippen LogP contribution >= 0.6 is 0 Å². The molecule has 1 aliphatic rings. The minimum Gasteiger partial charge on any atom is -0.494 e. The number of rotatable bonds is 4. The summed E-state index contributed by atoms with van der Waals surface area (Å²) in [6.07, 6.45) is 0. The molecule has 2 aromatic rings. The van der Waals surface area contributed by atoms with Gasteiger partial charge in [0.15, 0.2) is 0 Å². The number of benzene rings is 1. The lowest BCUT2D eigenvalue weighted by Gasteiger charge is -2.32. The van der Waals surface area contributed by atoms with Crippen LogP contribution in [-0.2, 0) is 6.54 Å². The number of likely N-dealkylation sites (N-methyl/N-ethyl adjacent to an activating group) is 1. The average molecular weight is 329 g/mol. The number of nitrogens with zero attached hydrogens (tertiary/aromatic N) is 3. The summed E-state index contributed by atoms with van der Waals surface area (Å²) in [7, 11) is 2.10. The Morgan fingerprint density at radius 2 is 1.88 bits per heavy atom. The molecule has 0 N–H and O–H groups in total. The summed E-state index contributed by atoms with van der Waals surface area (Å²) in [4.78, 5) is 17.4. The molecule has 1 fully saturated rings. The highest BCUT2D eigenvalue weighted by atomic mass is 16.5. The Morgan fingerprint density at radius 1 is 1.17 bits per heavy atom. The molecule has 0 spiro atoms. The molecule has 1 amide bonds. The molecule has 0 saturated carbocycles.